The maximum absolute atomic E-state index is 12.0. The van der Waals surface area contributed by atoms with Crippen LogP contribution >= 0.6 is 12.4 Å². The SMILES string of the molecule is Cc1cc(NCCF)c([N+](=O)[O-])c(C)n1.Cl. The van der Waals surface area contributed by atoms with Crippen molar-refractivity contribution in [3.8, 4) is 0 Å². The summed E-state index contributed by atoms with van der Waals surface area (Å²) in [6.45, 7) is 2.78. The molecule has 0 saturated carbocycles. The molecule has 0 bridgehead atoms. The van der Waals surface area contributed by atoms with Gasteiger partial charge in [0.15, 0.2) is 0 Å². The molecule has 0 fully saturated rings. The molecule has 0 radical (unpaired) electrons. The molecule has 16 heavy (non-hydrogen) atoms. The number of aryl methyl sites for hydroxylation is 2. The minimum absolute atomic E-state index is 0. The monoisotopic (exact) mass is 249 g/mol. The lowest BCUT2D eigenvalue weighted by atomic mass is 10.2. The molecule has 0 aromatic carbocycles. The highest BCUT2D eigenvalue weighted by Crippen LogP contribution is 2.27. The average Bonchev–Trinajstić information content (AvgIpc) is 2.12. The summed E-state index contributed by atoms with van der Waals surface area (Å²) in [5, 5.41) is 13.4. The van der Waals surface area contributed by atoms with E-state index in [4.69, 9.17) is 0 Å². The molecule has 0 atom stereocenters. The Kier molecular flexibility index (Phi) is 5.66. The van der Waals surface area contributed by atoms with Gasteiger partial charge in [0.05, 0.1) is 4.92 Å². The Morgan fingerprint density at radius 1 is 1.56 bits per heavy atom. The molecule has 1 aromatic rings. The van der Waals surface area contributed by atoms with Gasteiger partial charge in [-0.25, -0.2) is 4.39 Å². The molecule has 7 heteroatoms. The van der Waals surface area contributed by atoms with Gasteiger partial charge >= 0.3 is 5.69 Å². The summed E-state index contributed by atoms with van der Waals surface area (Å²) in [6.07, 6.45) is 0. The van der Waals surface area contributed by atoms with E-state index in [1.807, 2.05) is 0 Å². The minimum atomic E-state index is -0.572. The van der Waals surface area contributed by atoms with Crippen LogP contribution in [0.25, 0.3) is 0 Å². The number of nitro groups is 1. The van der Waals surface area contributed by atoms with E-state index < -0.39 is 11.6 Å². The number of halogens is 2. The molecule has 90 valence electrons. The number of hydrogen-bond donors (Lipinski definition) is 1. The molecule has 1 heterocycles. The Morgan fingerprint density at radius 2 is 2.19 bits per heavy atom. The van der Waals surface area contributed by atoms with Crippen LogP contribution in [0.5, 0.6) is 0 Å². The number of rotatable bonds is 4. The standard InChI is InChI=1S/C9H12FN3O2.ClH/c1-6-5-8(11-4-3-10)9(13(14)15)7(2)12-6;/h5H,3-4H2,1-2H3,(H,11,12);1H. The summed E-state index contributed by atoms with van der Waals surface area (Å²) in [7, 11) is 0. The van der Waals surface area contributed by atoms with E-state index in [1.54, 1.807) is 19.9 Å². The summed E-state index contributed by atoms with van der Waals surface area (Å²) in [4.78, 5) is 14.2. The molecule has 0 aliphatic rings. The van der Waals surface area contributed by atoms with E-state index in [0.717, 1.165) is 0 Å². The molecule has 5 nitrogen and oxygen atoms in total. The van der Waals surface area contributed by atoms with E-state index >= 15 is 0 Å². The van der Waals surface area contributed by atoms with E-state index in [2.05, 4.69) is 10.3 Å². The highest BCUT2D eigenvalue weighted by molar-refractivity contribution is 5.85. The van der Waals surface area contributed by atoms with E-state index in [-0.39, 0.29) is 24.6 Å². The van der Waals surface area contributed by atoms with E-state index in [9.17, 15) is 14.5 Å². The van der Waals surface area contributed by atoms with Gasteiger partial charge in [-0.1, -0.05) is 0 Å². The summed E-state index contributed by atoms with van der Waals surface area (Å²) in [6, 6.07) is 1.54. The number of anilines is 1. The van der Waals surface area contributed by atoms with Crippen LogP contribution in [0, 0.1) is 24.0 Å². The predicted molar refractivity (Wildman–Crippen MR) is 62.1 cm³/mol. The van der Waals surface area contributed by atoms with Crippen molar-refractivity contribution in [2.45, 2.75) is 13.8 Å². The quantitative estimate of drug-likeness (QED) is 0.657. The van der Waals surface area contributed by atoms with Gasteiger partial charge in [-0.3, -0.25) is 15.1 Å². The number of nitrogens with zero attached hydrogens (tertiary/aromatic N) is 2. The second kappa shape index (κ2) is 6.22. The van der Waals surface area contributed by atoms with Crippen LogP contribution in [-0.4, -0.2) is 23.1 Å². The molecule has 0 saturated heterocycles. The van der Waals surface area contributed by atoms with Crippen LogP contribution in [-0.2, 0) is 0 Å². The summed E-state index contributed by atoms with van der Waals surface area (Å²) < 4.78 is 12.0. The fourth-order valence-corrected chi connectivity index (χ4v) is 1.37. The normalized spacial score (nSPS) is 9.44. The fourth-order valence-electron chi connectivity index (χ4n) is 1.37. The first-order chi connectivity index (χ1) is 7.06. The second-order valence-electron chi connectivity index (χ2n) is 3.12. The lowest BCUT2D eigenvalue weighted by Gasteiger charge is -2.07. The summed E-state index contributed by atoms with van der Waals surface area (Å²) >= 11 is 0. The third-order valence-electron chi connectivity index (χ3n) is 1.89. The molecule has 0 aliphatic carbocycles. The van der Waals surface area contributed by atoms with Crippen molar-refractivity contribution in [3.05, 3.63) is 27.6 Å². The van der Waals surface area contributed by atoms with Crippen molar-refractivity contribution >= 4 is 23.8 Å². The second-order valence-corrected chi connectivity index (χ2v) is 3.12. The average molecular weight is 250 g/mol. The first-order valence-corrected chi connectivity index (χ1v) is 4.48. The van der Waals surface area contributed by atoms with Gasteiger partial charge in [0, 0.05) is 12.2 Å². The molecule has 1 rings (SSSR count). The van der Waals surface area contributed by atoms with Crippen molar-refractivity contribution < 1.29 is 9.31 Å². The van der Waals surface area contributed by atoms with Crippen molar-refractivity contribution in [2.75, 3.05) is 18.5 Å². The number of alkyl halides is 1. The Labute approximate surface area is 98.6 Å². The number of aromatic nitrogens is 1. The zero-order chi connectivity index (χ0) is 11.4. The van der Waals surface area contributed by atoms with Crippen LogP contribution in [0.4, 0.5) is 15.8 Å². The van der Waals surface area contributed by atoms with Gasteiger partial charge in [0.25, 0.3) is 0 Å². The zero-order valence-electron chi connectivity index (χ0n) is 8.99. The van der Waals surface area contributed by atoms with Crippen molar-refractivity contribution in [3.63, 3.8) is 0 Å². The van der Waals surface area contributed by atoms with E-state index in [0.29, 0.717) is 17.1 Å². The smallest absolute Gasteiger partial charge is 0.313 e. The molecule has 0 amide bonds. The Hall–Kier alpha value is -1.43. The molecular formula is C9H13ClFN3O2. The Morgan fingerprint density at radius 3 is 2.69 bits per heavy atom. The van der Waals surface area contributed by atoms with Gasteiger partial charge in [0.2, 0.25) is 0 Å². The largest absolute Gasteiger partial charge is 0.377 e. The van der Waals surface area contributed by atoms with Crippen LogP contribution < -0.4 is 5.32 Å². The summed E-state index contributed by atoms with van der Waals surface area (Å²) in [5.74, 6) is 0. The lowest BCUT2D eigenvalue weighted by molar-refractivity contribution is -0.384. The molecule has 1 N–H and O–H groups in total. The minimum Gasteiger partial charge on any atom is -0.377 e. The third-order valence-corrected chi connectivity index (χ3v) is 1.89. The Balaban J connectivity index is 0.00000225. The Bertz CT molecular complexity index is 387. The molecule has 0 aliphatic heterocycles. The maximum Gasteiger partial charge on any atom is 0.313 e. The topological polar surface area (TPSA) is 68.1 Å². The van der Waals surface area contributed by atoms with Crippen LogP contribution in [0.15, 0.2) is 6.07 Å². The first-order valence-electron chi connectivity index (χ1n) is 4.48. The van der Waals surface area contributed by atoms with Gasteiger partial charge in [-0.2, -0.15) is 0 Å². The van der Waals surface area contributed by atoms with Crippen molar-refractivity contribution in [1.29, 1.82) is 0 Å². The predicted octanol–water partition coefficient (Wildman–Crippen LogP) is 2.41. The van der Waals surface area contributed by atoms with Gasteiger partial charge < -0.3 is 5.32 Å². The van der Waals surface area contributed by atoms with Gasteiger partial charge in [-0.15, -0.1) is 12.4 Å². The fraction of sp³-hybridized carbons (Fsp3) is 0.444. The lowest BCUT2D eigenvalue weighted by Crippen LogP contribution is -2.08. The van der Waals surface area contributed by atoms with Gasteiger partial charge in [-0.05, 0) is 19.9 Å². The molecule has 1 aromatic heterocycles. The van der Waals surface area contributed by atoms with Crippen LogP contribution in [0.3, 0.4) is 0 Å². The highest BCUT2D eigenvalue weighted by Gasteiger charge is 2.18. The summed E-state index contributed by atoms with van der Waals surface area (Å²) in [5.41, 5.74) is 1.23. The first kappa shape index (κ1) is 14.6. The number of pyridine rings is 1. The number of nitrogens with one attached hydrogen (secondary N) is 1. The third kappa shape index (κ3) is 3.30. The molecule has 0 unspecified atom stereocenters. The zero-order valence-corrected chi connectivity index (χ0v) is 9.81. The van der Waals surface area contributed by atoms with Crippen molar-refractivity contribution in [2.24, 2.45) is 0 Å². The molecule has 0 spiro atoms. The maximum atomic E-state index is 12.0. The number of hydrogen-bond acceptors (Lipinski definition) is 4. The molecular weight excluding hydrogens is 237 g/mol. The van der Waals surface area contributed by atoms with Crippen LogP contribution in [0.2, 0.25) is 0 Å². The van der Waals surface area contributed by atoms with Gasteiger partial charge in [0.1, 0.15) is 18.1 Å². The van der Waals surface area contributed by atoms with Crippen molar-refractivity contribution in [1.82, 2.24) is 4.98 Å². The highest BCUT2D eigenvalue weighted by atomic mass is 35.5. The van der Waals surface area contributed by atoms with E-state index in [1.165, 1.54) is 0 Å². The van der Waals surface area contributed by atoms with Crippen LogP contribution in [0.1, 0.15) is 11.4 Å².